The van der Waals surface area contributed by atoms with E-state index in [1.807, 2.05) is 12.1 Å². The minimum absolute atomic E-state index is 0.181. The van der Waals surface area contributed by atoms with E-state index < -0.39 is 0 Å². The van der Waals surface area contributed by atoms with Gasteiger partial charge in [-0.05, 0) is 50.8 Å². The van der Waals surface area contributed by atoms with Crippen LogP contribution in [0.25, 0.3) is 5.69 Å². The van der Waals surface area contributed by atoms with Crippen LogP contribution in [0.5, 0.6) is 5.75 Å². The lowest BCUT2D eigenvalue weighted by Crippen LogP contribution is -2.31. The van der Waals surface area contributed by atoms with Crippen molar-refractivity contribution in [3.05, 3.63) is 76.1 Å². The number of halogens is 1. The molecule has 4 rings (SSSR count). The summed E-state index contributed by atoms with van der Waals surface area (Å²) in [7, 11) is 4.22. The van der Waals surface area contributed by atoms with Gasteiger partial charge in [-0.3, -0.25) is 14.3 Å². The van der Waals surface area contributed by atoms with Crippen molar-refractivity contribution < 1.29 is 4.74 Å². The Bertz CT molecular complexity index is 1050. The number of aromatic nitrogens is 3. The summed E-state index contributed by atoms with van der Waals surface area (Å²) in [5.41, 5.74) is 1.28. The number of likely N-dealkylation sites (N-methyl/N-ethyl adjacent to an activating group) is 1. The molecule has 1 fully saturated rings. The van der Waals surface area contributed by atoms with E-state index in [1.165, 1.54) is 6.07 Å². The SMILES string of the molecule is CN(C)[C@H]1CCN(c2ccc(-n3ccc(OCc4ccc(Cl)cn4)cc3=O)cn2)C1. The number of anilines is 1. The van der Waals surface area contributed by atoms with Crippen LogP contribution in [0.4, 0.5) is 5.82 Å². The van der Waals surface area contributed by atoms with E-state index in [4.69, 9.17) is 16.3 Å². The summed E-state index contributed by atoms with van der Waals surface area (Å²) in [6.45, 7) is 2.22. The Morgan fingerprint density at radius 1 is 1.17 bits per heavy atom. The third kappa shape index (κ3) is 4.63. The highest BCUT2D eigenvalue weighted by molar-refractivity contribution is 6.30. The second-order valence-electron chi connectivity index (χ2n) is 7.55. The van der Waals surface area contributed by atoms with E-state index >= 15 is 0 Å². The number of hydrogen-bond donors (Lipinski definition) is 0. The summed E-state index contributed by atoms with van der Waals surface area (Å²) in [4.78, 5) is 25.8. The maximum Gasteiger partial charge on any atom is 0.258 e. The molecule has 3 aromatic rings. The van der Waals surface area contributed by atoms with Gasteiger partial charge in [0.2, 0.25) is 0 Å². The highest BCUT2D eigenvalue weighted by atomic mass is 35.5. The van der Waals surface area contributed by atoms with Gasteiger partial charge in [-0.25, -0.2) is 4.98 Å². The molecule has 0 aliphatic carbocycles. The standard InChI is InChI=1S/C22H24ClN5O2/c1-26(2)19-7-9-27(14-19)21-6-5-18(13-25-21)28-10-8-20(11-22(28)29)30-15-17-4-3-16(23)12-24-17/h3-6,8,10-13,19H,7,9,14-15H2,1-2H3/t19-/m0/s1. The summed E-state index contributed by atoms with van der Waals surface area (Å²) in [6, 6.07) is 11.2. The first kappa shape index (κ1) is 20.4. The molecule has 3 aromatic heterocycles. The lowest BCUT2D eigenvalue weighted by Gasteiger charge is -2.21. The first-order valence-corrected chi connectivity index (χ1v) is 10.2. The molecule has 0 amide bonds. The zero-order chi connectivity index (χ0) is 21.1. The number of rotatable bonds is 6. The minimum Gasteiger partial charge on any atom is -0.487 e. The van der Waals surface area contributed by atoms with Crippen molar-refractivity contribution in [3.8, 4) is 11.4 Å². The van der Waals surface area contributed by atoms with Crippen LogP contribution >= 0.6 is 11.6 Å². The Morgan fingerprint density at radius 2 is 2.03 bits per heavy atom. The van der Waals surface area contributed by atoms with Crippen LogP contribution in [-0.2, 0) is 6.61 Å². The molecular weight excluding hydrogens is 402 g/mol. The number of pyridine rings is 3. The van der Waals surface area contributed by atoms with E-state index in [0.29, 0.717) is 16.8 Å². The third-order valence-electron chi connectivity index (χ3n) is 5.29. The highest BCUT2D eigenvalue weighted by Gasteiger charge is 2.24. The van der Waals surface area contributed by atoms with E-state index in [0.717, 1.165) is 36.7 Å². The van der Waals surface area contributed by atoms with Gasteiger partial charge in [0, 0.05) is 37.6 Å². The topological polar surface area (TPSA) is 63.5 Å². The van der Waals surface area contributed by atoms with Crippen molar-refractivity contribution in [2.75, 3.05) is 32.1 Å². The molecule has 1 aliphatic rings. The Kier molecular flexibility index (Phi) is 6.01. The van der Waals surface area contributed by atoms with Gasteiger partial charge in [0.15, 0.2) is 0 Å². The van der Waals surface area contributed by atoms with Gasteiger partial charge < -0.3 is 14.5 Å². The second-order valence-corrected chi connectivity index (χ2v) is 7.99. The Labute approximate surface area is 180 Å². The number of hydrogen-bond acceptors (Lipinski definition) is 6. The normalized spacial score (nSPS) is 16.3. The molecule has 0 N–H and O–H groups in total. The van der Waals surface area contributed by atoms with Crippen molar-refractivity contribution in [1.82, 2.24) is 19.4 Å². The first-order valence-electron chi connectivity index (χ1n) is 9.83. The molecule has 0 spiro atoms. The number of nitrogens with zero attached hydrogens (tertiary/aromatic N) is 5. The molecule has 7 nitrogen and oxygen atoms in total. The van der Waals surface area contributed by atoms with Gasteiger partial charge >= 0.3 is 0 Å². The summed E-state index contributed by atoms with van der Waals surface area (Å²) in [5, 5.41) is 0.572. The molecule has 4 heterocycles. The second kappa shape index (κ2) is 8.85. The van der Waals surface area contributed by atoms with Crippen molar-refractivity contribution in [3.63, 3.8) is 0 Å². The Morgan fingerprint density at radius 3 is 2.67 bits per heavy atom. The molecule has 0 saturated carbocycles. The van der Waals surface area contributed by atoms with Crippen LogP contribution in [0.15, 0.2) is 59.8 Å². The molecule has 0 unspecified atom stereocenters. The van der Waals surface area contributed by atoms with Crippen LogP contribution < -0.4 is 15.2 Å². The van der Waals surface area contributed by atoms with Crippen LogP contribution in [0.2, 0.25) is 5.02 Å². The summed E-state index contributed by atoms with van der Waals surface area (Å²) in [5.74, 6) is 1.43. The molecule has 156 valence electrons. The Balaban J connectivity index is 1.43. The fraction of sp³-hybridized carbons (Fsp3) is 0.318. The lowest BCUT2D eigenvalue weighted by molar-refractivity contribution is 0.300. The largest absolute Gasteiger partial charge is 0.487 e. The van der Waals surface area contributed by atoms with Crippen LogP contribution in [-0.4, -0.2) is 52.7 Å². The van der Waals surface area contributed by atoms with Gasteiger partial charge in [0.25, 0.3) is 5.56 Å². The molecule has 1 saturated heterocycles. The lowest BCUT2D eigenvalue weighted by atomic mass is 10.2. The molecule has 1 aliphatic heterocycles. The monoisotopic (exact) mass is 425 g/mol. The van der Waals surface area contributed by atoms with Gasteiger partial charge in [-0.2, -0.15) is 0 Å². The quantitative estimate of drug-likeness (QED) is 0.605. The maximum absolute atomic E-state index is 12.6. The van der Waals surface area contributed by atoms with E-state index in [-0.39, 0.29) is 12.2 Å². The average molecular weight is 426 g/mol. The smallest absolute Gasteiger partial charge is 0.258 e. The predicted molar refractivity (Wildman–Crippen MR) is 118 cm³/mol. The fourth-order valence-electron chi connectivity index (χ4n) is 3.49. The van der Waals surface area contributed by atoms with Gasteiger partial charge in [-0.1, -0.05) is 11.6 Å². The van der Waals surface area contributed by atoms with E-state index in [9.17, 15) is 4.79 Å². The molecule has 0 aromatic carbocycles. The highest BCUT2D eigenvalue weighted by Crippen LogP contribution is 2.21. The molecule has 30 heavy (non-hydrogen) atoms. The summed E-state index contributed by atoms with van der Waals surface area (Å²) >= 11 is 5.83. The van der Waals surface area contributed by atoms with Gasteiger partial charge in [0.05, 0.1) is 22.6 Å². The first-order chi connectivity index (χ1) is 14.5. The molecule has 0 bridgehead atoms. The van der Waals surface area contributed by atoms with Crippen molar-refractivity contribution in [2.45, 2.75) is 19.1 Å². The summed E-state index contributed by atoms with van der Waals surface area (Å²) in [6.07, 6.45) is 6.13. The van der Waals surface area contributed by atoms with Crippen molar-refractivity contribution in [2.24, 2.45) is 0 Å². The van der Waals surface area contributed by atoms with E-state index in [2.05, 4.69) is 33.9 Å². The van der Waals surface area contributed by atoms with Crippen molar-refractivity contribution in [1.29, 1.82) is 0 Å². The minimum atomic E-state index is -0.181. The molecule has 1 atom stereocenters. The van der Waals surface area contributed by atoms with Crippen LogP contribution in [0.3, 0.4) is 0 Å². The van der Waals surface area contributed by atoms with Crippen molar-refractivity contribution >= 4 is 17.4 Å². The third-order valence-corrected chi connectivity index (χ3v) is 5.52. The fourth-order valence-corrected chi connectivity index (χ4v) is 3.60. The Hall–Kier alpha value is -2.90. The molecule has 8 heteroatoms. The number of ether oxygens (including phenoxy) is 1. The van der Waals surface area contributed by atoms with Crippen LogP contribution in [0, 0.1) is 0 Å². The zero-order valence-electron chi connectivity index (χ0n) is 17.0. The summed E-state index contributed by atoms with van der Waals surface area (Å²) < 4.78 is 7.23. The average Bonchev–Trinajstić information content (AvgIpc) is 3.24. The molecule has 0 radical (unpaired) electrons. The molecular formula is C22H24ClN5O2. The maximum atomic E-state index is 12.6. The van der Waals surface area contributed by atoms with Gasteiger partial charge in [0.1, 0.15) is 18.2 Å². The predicted octanol–water partition coefficient (Wildman–Crippen LogP) is 3.00. The van der Waals surface area contributed by atoms with Crippen LogP contribution in [0.1, 0.15) is 12.1 Å². The van der Waals surface area contributed by atoms with Gasteiger partial charge in [-0.15, -0.1) is 0 Å². The van der Waals surface area contributed by atoms with E-state index in [1.54, 1.807) is 41.4 Å². The zero-order valence-corrected chi connectivity index (χ0v) is 17.8.